The molecule has 2 N–H and O–H groups in total. The summed E-state index contributed by atoms with van der Waals surface area (Å²) in [5, 5.41) is 1.61. The summed E-state index contributed by atoms with van der Waals surface area (Å²) in [6, 6.07) is 2.50. The Morgan fingerprint density at radius 1 is 1.65 bits per heavy atom. The van der Waals surface area contributed by atoms with E-state index in [4.69, 9.17) is 26.9 Å². The number of nitrogens with two attached hydrogens (primary N) is 1. The smallest absolute Gasteiger partial charge is 0.340 e. The molecule has 5 nitrogen and oxygen atoms in total. The third-order valence-corrected chi connectivity index (χ3v) is 3.45. The molecule has 2 rings (SSSR count). The summed E-state index contributed by atoms with van der Waals surface area (Å²) in [4.78, 5) is 17.5. The number of nitrogens with zero attached hydrogens (tertiary/aromatic N) is 1. The summed E-state index contributed by atoms with van der Waals surface area (Å²) >= 11 is 5.98. The predicted octanol–water partition coefficient (Wildman–Crippen LogP) is 2.52. The first-order valence-corrected chi connectivity index (χ1v) is 6.63. The van der Waals surface area contributed by atoms with Crippen molar-refractivity contribution in [1.82, 2.24) is 0 Å². The number of hydroxylamine groups is 1. The lowest BCUT2D eigenvalue weighted by molar-refractivity contribution is -0.165. The van der Waals surface area contributed by atoms with Gasteiger partial charge in [-0.3, -0.25) is 9.90 Å². The highest BCUT2D eigenvalue weighted by molar-refractivity contribution is 6.33. The largest absolute Gasteiger partial charge is 0.464 e. The van der Waals surface area contributed by atoms with Crippen molar-refractivity contribution in [2.75, 3.05) is 23.9 Å². The van der Waals surface area contributed by atoms with Crippen LogP contribution < -0.4 is 10.8 Å². The predicted molar refractivity (Wildman–Crippen MR) is 73.9 cm³/mol. The number of carbonyl (C=O) groups is 1. The average molecular weight is 303 g/mol. The van der Waals surface area contributed by atoms with E-state index in [0.717, 1.165) is 6.07 Å². The molecular weight excluding hydrogens is 287 g/mol. The van der Waals surface area contributed by atoms with Crippen LogP contribution in [-0.4, -0.2) is 24.7 Å². The van der Waals surface area contributed by atoms with Crippen LogP contribution in [0.5, 0.6) is 0 Å². The minimum Gasteiger partial charge on any atom is -0.464 e. The summed E-state index contributed by atoms with van der Waals surface area (Å²) in [5.74, 6) is -1.03. The SMILES string of the molecule is CCOC(=O)C1(C)CCN(c2cc(N)c(F)cc2Cl)O1. The first-order chi connectivity index (χ1) is 9.37. The quantitative estimate of drug-likeness (QED) is 0.686. The van der Waals surface area contributed by atoms with E-state index < -0.39 is 17.4 Å². The van der Waals surface area contributed by atoms with E-state index in [1.807, 2.05) is 0 Å². The molecule has 1 aliphatic rings. The molecule has 0 aliphatic carbocycles. The minimum absolute atomic E-state index is 0.0299. The van der Waals surface area contributed by atoms with Crippen molar-refractivity contribution in [2.45, 2.75) is 25.9 Å². The molecule has 1 aromatic carbocycles. The highest BCUT2D eigenvalue weighted by Crippen LogP contribution is 2.36. The zero-order valence-electron chi connectivity index (χ0n) is 11.3. The van der Waals surface area contributed by atoms with Gasteiger partial charge in [0, 0.05) is 13.0 Å². The summed E-state index contributed by atoms with van der Waals surface area (Å²) < 4.78 is 18.3. The highest BCUT2D eigenvalue weighted by atomic mass is 35.5. The molecule has 0 aromatic heterocycles. The van der Waals surface area contributed by atoms with Crippen LogP contribution in [0, 0.1) is 5.82 Å². The first kappa shape index (κ1) is 14.9. The standard InChI is InChI=1S/C13H16ClFN2O3/c1-3-19-12(18)13(2)4-5-17(20-13)11-7-10(16)9(15)6-8(11)14/h6-7H,3-5,16H2,1-2H3. The monoisotopic (exact) mass is 302 g/mol. The highest BCUT2D eigenvalue weighted by Gasteiger charge is 2.44. The van der Waals surface area contributed by atoms with Crippen molar-refractivity contribution < 1.29 is 18.8 Å². The molecule has 1 unspecified atom stereocenters. The molecule has 1 heterocycles. The van der Waals surface area contributed by atoms with Crippen molar-refractivity contribution >= 4 is 28.9 Å². The van der Waals surface area contributed by atoms with Crippen molar-refractivity contribution in [3.63, 3.8) is 0 Å². The molecule has 7 heteroatoms. The van der Waals surface area contributed by atoms with Gasteiger partial charge in [0.05, 0.1) is 23.0 Å². The second kappa shape index (κ2) is 5.46. The maximum atomic E-state index is 13.3. The fourth-order valence-corrected chi connectivity index (χ4v) is 2.23. The topological polar surface area (TPSA) is 64.8 Å². The maximum Gasteiger partial charge on any atom is 0.340 e. The van der Waals surface area contributed by atoms with Gasteiger partial charge in [-0.2, -0.15) is 0 Å². The van der Waals surface area contributed by atoms with Crippen LogP contribution in [-0.2, 0) is 14.4 Å². The number of rotatable bonds is 3. The van der Waals surface area contributed by atoms with Crippen molar-refractivity contribution in [3.8, 4) is 0 Å². The Kier molecular flexibility index (Phi) is 4.06. The van der Waals surface area contributed by atoms with Gasteiger partial charge < -0.3 is 10.5 Å². The third kappa shape index (κ3) is 2.66. The zero-order valence-corrected chi connectivity index (χ0v) is 12.0. The minimum atomic E-state index is -1.07. The maximum absolute atomic E-state index is 13.3. The van der Waals surface area contributed by atoms with Gasteiger partial charge in [-0.05, 0) is 26.0 Å². The molecular formula is C13H16ClFN2O3. The average Bonchev–Trinajstić information content (AvgIpc) is 2.78. The van der Waals surface area contributed by atoms with Gasteiger partial charge in [-0.15, -0.1) is 0 Å². The first-order valence-electron chi connectivity index (χ1n) is 6.26. The summed E-state index contributed by atoms with van der Waals surface area (Å²) in [7, 11) is 0. The Bertz CT molecular complexity index is 541. The van der Waals surface area contributed by atoms with Gasteiger partial charge in [0.15, 0.2) is 5.60 Å². The van der Waals surface area contributed by atoms with Gasteiger partial charge in [0.2, 0.25) is 0 Å². The fraction of sp³-hybridized carbons (Fsp3) is 0.462. The fourth-order valence-electron chi connectivity index (χ4n) is 1.99. The Labute approximate surface area is 121 Å². The number of nitrogen functional groups attached to an aromatic ring is 1. The van der Waals surface area contributed by atoms with Crippen molar-refractivity contribution in [3.05, 3.63) is 23.0 Å². The lowest BCUT2D eigenvalue weighted by Crippen LogP contribution is -2.38. The molecule has 1 aromatic rings. The van der Waals surface area contributed by atoms with Gasteiger partial charge in [-0.25, -0.2) is 9.18 Å². The van der Waals surface area contributed by atoms with E-state index in [0.29, 0.717) is 18.7 Å². The van der Waals surface area contributed by atoms with Gasteiger partial charge in [0.25, 0.3) is 0 Å². The lowest BCUT2D eigenvalue weighted by Gasteiger charge is -2.24. The summed E-state index contributed by atoms with van der Waals surface area (Å²) in [6.07, 6.45) is 0.444. The third-order valence-electron chi connectivity index (χ3n) is 3.15. The number of esters is 1. The van der Waals surface area contributed by atoms with Gasteiger partial charge in [-0.1, -0.05) is 11.6 Å². The summed E-state index contributed by atoms with van der Waals surface area (Å²) in [5.41, 5.74) is 4.86. The van der Waals surface area contributed by atoms with Crippen LogP contribution in [0.4, 0.5) is 15.8 Å². The molecule has 1 aliphatic heterocycles. The number of hydrogen-bond acceptors (Lipinski definition) is 5. The van der Waals surface area contributed by atoms with Gasteiger partial charge >= 0.3 is 5.97 Å². The zero-order chi connectivity index (χ0) is 14.9. The second-order valence-corrected chi connectivity index (χ2v) is 5.13. The number of halogens is 2. The molecule has 1 fully saturated rings. The molecule has 0 bridgehead atoms. The van der Waals surface area contributed by atoms with E-state index in [2.05, 4.69) is 0 Å². The number of ether oxygens (including phenoxy) is 1. The van der Waals surface area contributed by atoms with Crippen molar-refractivity contribution in [2.24, 2.45) is 0 Å². The summed E-state index contributed by atoms with van der Waals surface area (Å²) in [6.45, 7) is 4.08. The van der Waals surface area contributed by atoms with E-state index in [1.165, 1.54) is 11.1 Å². The van der Waals surface area contributed by atoms with Crippen LogP contribution in [0.15, 0.2) is 12.1 Å². The molecule has 0 saturated carbocycles. The molecule has 20 heavy (non-hydrogen) atoms. The number of hydrogen-bond donors (Lipinski definition) is 1. The Balaban J connectivity index is 2.21. The second-order valence-electron chi connectivity index (χ2n) is 4.72. The number of carbonyl (C=O) groups excluding carboxylic acids is 1. The Morgan fingerprint density at radius 2 is 2.35 bits per heavy atom. The molecule has 1 atom stereocenters. The van der Waals surface area contributed by atoms with Crippen LogP contribution in [0.25, 0.3) is 0 Å². The molecule has 110 valence electrons. The van der Waals surface area contributed by atoms with Crippen LogP contribution in [0.3, 0.4) is 0 Å². The number of benzene rings is 1. The van der Waals surface area contributed by atoms with Crippen LogP contribution >= 0.6 is 11.6 Å². The van der Waals surface area contributed by atoms with E-state index in [9.17, 15) is 9.18 Å². The molecule has 0 spiro atoms. The lowest BCUT2D eigenvalue weighted by atomic mass is 10.0. The molecule has 1 saturated heterocycles. The van der Waals surface area contributed by atoms with E-state index in [1.54, 1.807) is 13.8 Å². The van der Waals surface area contributed by atoms with Gasteiger partial charge in [0.1, 0.15) is 5.82 Å². The van der Waals surface area contributed by atoms with Crippen LogP contribution in [0.1, 0.15) is 20.3 Å². The normalized spacial score (nSPS) is 22.1. The molecule has 0 amide bonds. The van der Waals surface area contributed by atoms with E-state index >= 15 is 0 Å². The Hall–Kier alpha value is -1.53. The van der Waals surface area contributed by atoms with E-state index in [-0.39, 0.29) is 17.3 Å². The van der Waals surface area contributed by atoms with Crippen LogP contribution in [0.2, 0.25) is 5.02 Å². The molecule has 0 radical (unpaired) electrons. The number of anilines is 2. The van der Waals surface area contributed by atoms with Crippen molar-refractivity contribution in [1.29, 1.82) is 0 Å². The Morgan fingerprint density at radius 3 is 3.00 bits per heavy atom.